The normalized spacial score (nSPS) is 10.7. The molecule has 0 saturated carbocycles. The van der Waals surface area contributed by atoms with Crippen molar-refractivity contribution in [3.8, 4) is 0 Å². The SMILES string of the molecule is Cc1oc(C)c(C(=O)NCc2cc(F)ccc2Br)c1Br. The highest BCUT2D eigenvalue weighted by atomic mass is 79.9. The number of hydrogen-bond donors (Lipinski definition) is 1. The molecule has 0 aliphatic carbocycles. The number of carbonyl (C=O) groups is 1. The molecule has 2 rings (SSSR count). The molecule has 20 heavy (non-hydrogen) atoms. The van der Waals surface area contributed by atoms with E-state index in [0.29, 0.717) is 27.1 Å². The first kappa shape index (κ1) is 15.3. The number of amides is 1. The third-order valence-electron chi connectivity index (χ3n) is 2.86. The van der Waals surface area contributed by atoms with Gasteiger partial charge in [-0.25, -0.2) is 4.39 Å². The van der Waals surface area contributed by atoms with E-state index in [9.17, 15) is 9.18 Å². The van der Waals surface area contributed by atoms with Crippen LogP contribution in [0.1, 0.15) is 27.4 Å². The van der Waals surface area contributed by atoms with Crippen LogP contribution in [-0.4, -0.2) is 5.91 Å². The van der Waals surface area contributed by atoms with Crippen molar-refractivity contribution in [1.82, 2.24) is 5.32 Å². The molecule has 1 amide bonds. The standard InChI is InChI=1S/C14H12Br2FNO2/c1-7-12(13(16)8(2)20-7)14(19)18-6-9-5-10(17)3-4-11(9)15/h3-5H,6H2,1-2H3,(H,18,19). The van der Waals surface area contributed by atoms with Crippen molar-refractivity contribution in [2.75, 3.05) is 0 Å². The Balaban J connectivity index is 2.15. The molecule has 0 bridgehead atoms. The second-order valence-corrected chi connectivity index (χ2v) is 5.97. The van der Waals surface area contributed by atoms with E-state index in [1.165, 1.54) is 12.1 Å². The molecule has 1 aromatic carbocycles. The fourth-order valence-corrected chi connectivity index (χ4v) is 2.79. The minimum absolute atomic E-state index is 0.229. The molecule has 2 aromatic rings. The lowest BCUT2D eigenvalue weighted by atomic mass is 10.2. The van der Waals surface area contributed by atoms with Crippen molar-refractivity contribution >= 4 is 37.8 Å². The Morgan fingerprint density at radius 3 is 2.60 bits per heavy atom. The number of halogens is 3. The highest BCUT2D eigenvalue weighted by molar-refractivity contribution is 9.10. The first-order valence-electron chi connectivity index (χ1n) is 5.87. The summed E-state index contributed by atoms with van der Waals surface area (Å²) in [4.78, 5) is 12.2. The predicted octanol–water partition coefficient (Wildman–Crippen LogP) is 4.49. The van der Waals surface area contributed by atoms with Gasteiger partial charge < -0.3 is 9.73 Å². The summed E-state index contributed by atoms with van der Waals surface area (Å²) in [6.07, 6.45) is 0. The van der Waals surface area contributed by atoms with Gasteiger partial charge in [0.2, 0.25) is 0 Å². The first-order valence-corrected chi connectivity index (χ1v) is 7.46. The third kappa shape index (κ3) is 3.12. The van der Waals surface area contributed by atoms with E-state index in [2.05, 4.69) is 37.2 Å². The Morgan fingerprint density at radius 1 is 1.30 bits per heavy atom. The summed E-state index contributed by atoms with van der Waals surface area (Å²) < 4.78 is 19.9. The van der Waals surface area contributed by atoms with E-state index in [1.54, 1.807) is 19.9 Å². The van der Waals surface area contributed by atoms with E-state index in [4.69, 9.17) is 4.42 Å². The van der Waals surface area contributed by atoms with Crippen molar-refractivity contribution in [2.24, 2.45) is 0 Å². The monoisotopic (exact) mass is 403 g/mol. The molecular formula is C14H12Br2FNO2. The molecule has 0 spiro atoms. The molecule has 0 aliphatic heterocycles. The van der Waals surface area contributed by atoms with Gasteiger partial charge in [0.05, 0.1) is 10.0 Å². The van der Waals surface area contributed by atoms with Gasteiger partial charge in [-0.05, 0) is 53.5 Å². The van der Waals surface area contributed by atoms with Crippen LogP contribution in [0.3, 0.4) is 0 Å². The Morgan fingerprint density at radius 2 is 2.00 bits per heavy atom. The van der Waals surface area contributed by atoms with Crippen LogP contribution in [0.5, 0.6) is 0 Å². The minimum Gasteiger partial charge on any atom is -0.465 e. The van der Waals surface area contributed by atoms with Crippen LogP contribution in [-0.2, 0) is 6.54 Å². The molecule has 1 N–H and O–H groups in total. The Hall–Kier alpha value is -1.14. The summed E-state index contributed by atoms with van der Waals surface area (Å²) in [5.74, 6) is 0.598. The molecule has 3 nitrogen and oxygen atoms in total. The van der Waals surface area contributed by atoms with Crippen LogP contribution in [0.15, 0.2) is 31.6 Å². The zero-order chi connectivity index (χ0) is 14.9. The molecular weight excluding hydrogens is 393 g/mol. The van der Waals surface area contributed by atoms with Gasteiger partial charge >= 0.3 is 0 Å². The maximum atomic E-state index is 13.2. The van der Waals surface area contributed by atoms with Crippen LogP contribution in [0.2, 0.25) is 0 Å². The van der Waals surface area contributed by atoms with E-state index >= 15 is 0 Å². The van der Waals surface area contributed by atoms with Gasteiger partial charge in [0, 0.05) is 11.0 Å². The Bertz CT molecular complexity index is 667. The van der Waals surface area contributed by atoms with Crippen LogP contribution in [0.4, 0.5) is 4.39 Å². The zero-order valence-corrected chi connectivity index (χ0v) is 14.1. The van der Waals surface area contributed by atoms with Gasteiger partial charge in [-0.15, -0.1) is 0 Å². The largest absolute Gasteiger partial charge is 0.465 e. The summed E-state index contributed by atoms with van der Waals surface area (Å²) in [6, 6.07) is 4.35. The van der Waals surface area contributed by atoms with Crippen molar-refractivity contribution < 1.29 is 13.6 Å². The van der Waals surface area contributed by atoms with Gasteiger partial charge in [0.25, 0.3) is 5.91 Å². The molecule has 1 heterocycles. The van der Waals surface area contributed by atoms with Gasteiger partial charge in [0.1, 0.15) is 17.3 Å². The fraction of sp³-hybridized carbons (Fsp3) is 0.214. The van der Waals surface area contributed by atoms with Crippen LogP contribution < -0.4 is 5.32 Å². The zero-order valence-electron chi connectivity index (χ0n) is 10.9. The number of nitrogens with one attached hydrogen (secondary N) is 1. The third-order valence-corrected chi connectivity index (χ3v) is 4.59. The summed E-state index contributed by atoms with van der Waals surface area (Å²) in [6.45, 7) is 3.73. The fourth-order valence-electron chi connectivity index (χ4n) is 1.86. The predicted molar refractivity (Wildman–Crippen MR) is 81.2 cm³/mol. The van der Waals surface area contributed by atoms with Crippen molar-refractivity contribution in [1.29, 1.82) is 0 Å². The lowest BCUT2D eigenvalue weighted by Crippen LogP contribution is -2.23. The molecule has 6 heteroatoms. The summed E-state index contributed by atoms with van der Waals surface area (Å²) >= 11 is 6.65. The average molecular weight is 405 g/mol. The second kappa shape index (κ2) is 6.10. The smallest absolute Gasteiger partial charge is 0.256 e. The van der Waals surface area contributed by atoms with Gasteiger partial charge in [-0.1, -0.05) is 15.9 Å². The van der Waals surface area contributed by atoms with Gasteiger partial charge in [-0.3, -0.25) is 4.79 Å². The van der Waals surface area contributed by atoms with Gasteiger partial charge in [0.15, 0.2) is 0 Å². The lowest BCUT2D eigenvalue weighted by Gasteiger charge is -2.07. The van der Waals surface area contributed by atoms with E-state index < -0.39 is 0 Å². The summed E-state index contributed by atoms with van der Waals surface area (Å²) in [7, 11) is 0. The molecule has 0 radical (unpaired) electrons. The molecule has 1 aromatic heterocycles. The van der Waals surface area contributed by atoms with E-state index in [1.807, 2.05) is 0 Å². The van der Waals surface area contributed by atoms with Crippen LogP contribution >= 0.6 is 31.9 Å². The second-order valence-electron chi connectivity index (χ2n) is 4.32. The summed E-state index contributed by atoms with van der Waals surface area (Å²) in [5, 5.41) is 2.75. The molecule has 106 valence electrons. The van der Waals surface area contributed by atoms with Crippen LogP contribution in [0, 0.1) is 19.7 Å². The highest BCUT2D eigenvalue weighted by Gasteiger charge is 2.19. The molecule has 0 fully saturated rings. The lowest BCUT2D eigenvalue weighted by molar-refractivity contribution is 0.0948. The number of hydrogen-bond acceptors (Lipinski definition) is 2. The highest BCUT2D eigenvalue weighted by Crippen LogP contribution is 2.27. The van der Waals surface area contributed by atoms with Crippen LogP contribution in [0.25, 0.3) is 0 Å². The molecule has 0 aliphatic rings. The maximum Gasteiger partial charge on any atom is 0.256 e. The summed E-state index contributed by atoms with van der Waals surface area (Å²) in [5.41, 5.74) is 1.14. The van der Waals surface area contributed by atoms with E-state index in [0.717, 1.165) is 4.47 Å². The molecule has 0 unspecified atom stereocenters. The van der Waals surface area contributed by atoms with Gasteiger partial charge in [-0.2, -0.15) is 0 Å². The van der Waals surface area contributed by atoms with E-state index in [-0.39, 0.29) is 18.3 Å². The van der Waals surface area contributed by atoms with Crippen molar-refractivity contribution in [3.63, 3.8) is 0 Å². The van der Waals surface area contributed by atoms with Crippen molar-refractivity contribution in [3.05, 3.63) is 55.6 Å². The topological polar surface area (TPSA) is 42.2 Å². The number of benzene rings is 1. The first-order chi connectivity index (χ1) is 9.40. The molecule has 0 atom stereocenters. The average Bonchev–Trinajstić information content (AvgIpc) is 2.64. The quantitative estimate of drug-likeness (QED) is 0.818. The maximum absolute atomic E-state index is 13.2. The number of carbonyl (C=O) groups excluding carboxylic acids is 1. The Labute approximate surface area is 132 Å². The number of rotatable bonds is 3. The number of aryl methyl sites for hydroxylation is 2. The molecule has 0 saturated heterocycles. The minimum atomic E-state index is -0.339. The Kier molecular flexibility index (Phi) is 4.65. The number of furan rings is 1. The van der Waals surface area contributed by atoms with Crippen molar-refractivity contribution in [2.45, 2.75) is 20.4 Å².